The van der Waals surface area contributed by atoms with Crippen LogP contribution in [0.4, 0.5) is 0 Å². The van der Waals surface area contributed by atoms with Crippen LogP contribution in [0.15, 0.2) is 36.4 Å². The Balaban J connectivity index is 1.63. The van der Waals surface area contributed by atoms with Crippen LogP contribution in [0.2, 0.25) is 0 Å². The van der Waals surface area contributed by atoms with Crippen LogP contribution in [-0.4, -0.2) is 33.7 Å². The summed E-state index contributed by atoms with van der Waals surface area (Å²) in [6.45, 7) is 3.98. The van der Waals surface area contributed by atoms with E-state index in [1.165, 1.54) is 18.5 Å². The molecule has 0 unspecified atom stereocenters. The maximum Gasteiger partial charge on any atom is 0.274 e. The number of nitrogens with zero attached hydrogens (tertiary/aromatic N) is 3. The molecule has 4 heteroatoms. The maximum atomic E-state index is 12.8. The Morgan fingerprint density at radius 1 is 1.09 bits per heavy atom. The van der Waals surface area contributed by atoms with Crippen LogP contribution in [0.25, 0.3) is 5.69 Å². The second-order valence-corrected chi connectivity index (χ2v) is 6.95. The van der Waals surface area contributed by atoms with Gasteiger partial charge in [0, 0.05) is 24.7 Å². The van der Waals surface area contributed by atoms with E-state index in [0.717, 1.165) is 37.5 Å². The third-order valence-electron chi connectivity index (χ3n) is 5.02. The van der Waals surface area contributed by atoms with Gasteiger partial charge in [0.1, 0.15) is 0 Å². The summed E-state index contributed by atoms with van der Waals surface area (Å²) in [6, 6.07) is 12.2. The molecule has 1 aliphatic heterocycles. The first kappa shape index (κ1) is 14.5. The zero-order valence-corrected chi connectivity index (χ0v) is 13.6. The Morgan fingerprint density at radius 3 is 2.43 bits per heavy atom. The van der Waals surface area contributed by atoms with E-state index in [1.807, 2.05) is 33.8 Å². The molecule has 23 heavy (non-hydrogen) atoms. The number of hydrogen-bond donors (Lipinski definition) is 0. The molecule has 1 saturated carbocycles. The van der Waals surface area contributed by atoms with Gasteiger partial charge in [0.15, 0.2) is 5.69 Å². The highest BCUT2D eigenvalue weighted by atomic mass is 16.2. The average molecular weight is 309 g/mol. The van der Waals surface area contributed by atoms with Crippen molar-refractivity contribution in [2.24, 2.45) is 5.92 Å². The highest BCUT2D eigenvalue weighted by Gasteiger charge is 2.31. The van der Waals surface area contributed by atoms with Gasteiger partial charge in [0.25, 0.3) is 5.91 Å². The van der Waals surface area contributed by atoms with E-state index in [4.69, 9.17) is 0 Å². The number of rotatable bonds is 3. The molecule has 1 aromatic heterocycles. The normalized spacial score (nSPS) is 19.1. The average Bonchev–Trinajstić information content (AvgIpc) is 3.34. The molecule has 0 spiro atoms. The van der Waals surface area contributed by atoms with Gasteiger partial charge in [0.2, 0.25) is 0 Å². The van der Waals surface area contributed by atoms with E-state index >= 15 is 0 Å². The third-order valence-corrected chi connectivity index (χ3v) is 5.02. The highest BCUT2D eigenvalue weighted by Crippen LogP contribution is 2.41. The fraction of sp³-hybridized carbons (Fsp3) is 0.474. The predicted molar refractivity (Wildman–Crippen MR) is 89.8 cm³/mol. The lowest BCUT2D eigenvalue weighted by molar-refractivity contribution is 0.0691. The first-order valence-corrected chi connectivity index (χ1v) is 8.67. The zero-order chi connectivity index (χ0) is 15.8. The largest absolute Gasteiger partial charge is 0.337 e. The predicted octanol–water partition coefficient (Wildman–Crippen LogP) is 3.62. The molecule has 4 nitrogen and oxygen atoms in total. The van der Waals surface area contributed by atoms with E-state index in [9.17, 15) is 4.79 Å². The number of likely N-dealkylation sites (tertiary alicyclic amines) is 1. The summed E-state index contributed by atoms with van der Waals surface area (Å²) in [7, 11) is 0. The Kier molecular flexibility index (Phi) is 3.68. The van der Waals surface area contributed by atoms with Crippen LogP contribution in [0, 0.1) is 5.92 Å². The molecule has 2 fully saturated rings. The monoisotopic (exact) mass is 309 g/mol. The summed E-state index contributed by atoms with van der Waals surface area (Å²) in [5, 5.41) is 4.66. The van der Waals surface area contributed by atoms with E-state index < -0.39 is 0 Å². The Bertz CT molecular complexity index is 695. The van der Waals surface area contributed by atoms with Gasteiger partial charge in [-0.25, -0.2) is 4.68 Å². The molecule has 120 valence electrons. The lowest BCUT2D eigenvalue weighted by Crippen LogP contribution is -2.38. The molecular formula is C19H23N3O. The van der Waals surface area contributed by atoms with E-state index in [-0.39, 0.29) is 5.91 Å². The minimum Gasteiger partial charge on any atom is -0.337 e. The fourth-order valence-corrected chi connectivity index (χ4v) is 3.32. The molecule has 2 heterocycles. The number of carbonyl (C=O) groups is 1. The number of hydrogen-bond acceptors (Lipinski definition) is 2. The van der Waals surface area contributed by atoms with Gasteiger partial charge < -0.3 is 4.90 Å². The fourth-order valence-electron chi connectivity index (χ4n) is 3.32. The molecule has 0 atom stereocenters. The zero-order valence-electron chi connectivity index (χ0n) is 13.6. The molecular weight excluding hydrogens is 286 g/mol. The molecule has 0 bridgehead atoms. The lowest BCUT2D eigenvalue weighted by atomic mass is 9.99. The van der Waals surface area contributed by atoms with E-state index in [0.29, 0.717) is 11.6 Å². The van der Waals surface area contributed by atoms with Gasteiger partial charge >= 0.3 is 0 Å². The number of aromatic nitrogens is 2. The molecule has 0 radical (unpaired) electrons. The molecule has 1 amide bonds. The summed E-state index contributed by atoms with van der Waals surface area (Å²) >= 11 is 0. The highest BCUT2D eigenvalue weighted by molar-refractivity contribution is 5.92. The van der Waals surface area contributed by atoms with Crippen LogP contribution in [0.3, 0.4) is 0 Å². The quantitative estimate of drug-likeness (QED) is 0.868. The Morgan fingerprint density at radius 2 is 1.78 bits per heavy atom. The summed E-state index contributed by atoms with van der Waals surface area (Å²) in [4.78, 5) is 14.8. The number of para-hydroxylation sites is 1. The third kappa shape index (κ3) is 2.90. The van der Waals surface area contributed by atoms with Gasteiger partial charge in [0.05, 0.1) is 5.69 Å². The summed E-state index contributed by atoms with van der Waals surface area (Å²) in [5.41, 5.74) is 2.83. The first-order valence-electron chi connectivity index (χ1n) is 8.67. The smallest absolute Gasteiger partial charge is 0.274 e. The Labute approximate surface area is 137 Å². The molecule has 4 rings (SSSR count). The van der Waals surface area contributed by atoms with Crippen LogP contribution in [0.1, 0.15) is 54.7 Å². The lowest BCUT2D eigenvalue weighted by Gasteiger charge is -2.29. The topological polar surface area (TPSA) is 38.1 Å². The number of piperidine rings is 1. The van der Waals surface area contributed by atoms with Gasteiger partial charge in [-0.3, -0.25) is 4.79 Å². The molecule has 0 N–H and O–H groups in total. The van der Waals surface area contributed by atoms with Crippen molar-refractivity contribution in [3.63, 3.8) is 0 Å². The van der Waals surface area contributed by atoms with Gasteiger partial charge in [-0.1, -0.05) is 25.1 Å². The molecule has 1 saturated heterocycles. The van der Waals surface area contributed by atoms with Gasteiger partial charge in [-0.05, 0) is 49.8 Å². The van der Waals surface area contributed by atoms with Crippen LogP contribution >= 0.6 is 0 Å². The van der Waals surface area contributed by atoms with Crippen LogP contribution in [0.5, 0.6) is 0 Å². The van der Waals surface area contributed by atoms with Crippen molar-refractivity contribution >= 4 is 5.91 Å². The maximum absolute atomic E-state index is 12.8. The number of benzene rings is 1. The minimum absolute atomic E-state index is 0.0912. The second kappa shape index (κ2) is 5.84. The van der Waals surface area contributed by atoms with Crippen molar-refractivity contribution in [2.75, 3.05) is 13.1 Å². The molecule has 2 aromatic rings. The van der Waals surface area contributed by atoms with Crippen molar-refractivity contribution in [2.45, 2.75) is 38.5 Å². The summed E-state index contributed by atoms with van der Waals surface area (Å²) in [6.07, 6.45) is 4.60. The standard InChI is InChI=1S/C19H23N3O/c1-14-9-11-21(12-10-14)19(23)17-13-18(15-7-8-15)22(20-17)16-5-3-2-4-6-16/h2-6,13-15H,7-12H2,1H3. The SMILES string of the molecule is CC1CCN(C(=O)c2cc(C3CC3)n(-c3ccccc3)n2)CC1. The van der Waals surface area contributed by atoms with Gasteiger partial charge in [-0.2, -0.15) is 5.10 Å². The first-order chi connectivity index (χ1) is 11.2. The van der Waals surface area contributed by atoms with Crippen LogP contribution < -0.4 is 0 Å². The Hall–Kier alpha value is -2.10. The number of amides is 1. The number of carbonyl (C=O) groups excluding carboxylic acids is 1. The molecule has 1 aliphatic carbocycles. The molecule has 2 aliphatic rings. The minimum atomic E-state index is 0.0912. The van der Waals surface area contributed by atoms with Crippen LogP contribution in [-0.2, 0) is 0 Å². The molecule has 1 aromatic carbocycles. The summed E-state index contributed by atoms with van der Waals surface area (Å²) in [5.74, 6) is 1.38. The van der Waals surface area contributed by atoms with Crippen molar-refractivity contribution in [3.8, 4) is 5.69 Å². The van der Waals surface area contributed by atoms with Gasteiger partial charge in [-0.15, -0.1) is 0 Å². The summed E-state index contributed by atoms with van der Waals surface area (Å²) < 4.78 is 1.97. The van der Waals surface area contributed by atoms with E-state index in [1.54, 1.807) is 0 Å². The van der Waals surface area contributed by atoms with E-state index in [2.05, 4.69) is 24.2 Å². The van der Waals surface area contributed by atoms with Crippen molar-refractivity contribution in [3.05, 3.63) is 47.8 Å². The second-order valence-electron chi connectivity index (χ2n) is 6.95. The van der Waals surface area contributed by atoms with Crippen molar-refractivity contribution in [1.82, 2.24) is 14.7 Å². The van der Waals surface area contributed by atoms with Crippen molar-refractivity contribution in [1.29, 1.82) is 0 Å². The van der Waals surface area contributed by atoms with Crippen molar-refractivity contribution < 1.29 is 4.79 Å².